The third-order valence-electron chi connectivity index (χ3n) is 6.95. The minimum atomic E-state index is -0.459. The number of anilines is 2. The van der Waals surface area contributed by atoms with Gasteiger partial charge in [0.2, 0.25) is 0 Å². The van der Waals surface area contributed by atoms with Crippen molar-refractivity contribution in [3.63, 3.8) is 0 Å². The number of carbonyl (C=O) groups excluding carboxylic acids is 1. The minimum absolute atomic E-state index is 0.139. The molecule has 2 aliphatic heterocycles. The summed E-state index contributed by atoms with van der Waals surface area (Å²) in [5, 5.41) is 10.2. The Labute approximate surface area is 205 Å². The van der Waals surface area contributed by atoms with Crippen molar-refractivity contribution < 1.29 is 9.53 Å². The standard InChI is InChI=1S/C27H41BN4O2/c1-5-6-7-8-9-16-24(31-17-19-32(20-18-31)26(33)34-27(2,3)4)28-29-22-14-10-12-21-13-11-15-23(30-28)25(21)22/h10-15,24,29-30H,5-9,16-20H2,1-4H3. The molecule has 0 saturated carbocycles. The Morgan fingerprint density at radius 2 is 1.59 bits per heavy atom. The number of nitrogens with one attached hydrogen (secondary N) is 2. The van der Waals surface area contributed by atoms with Crippen LogP contribution in [0.4, 0.5) is 16.2 Å². The van der Waals surface area contributed by atoms with Crippen LogP contribution in [0.5, 0.6) is 0 Å². The van der Waals surface area contributed by atoms with Crippen LogP contribution in [0.1, 0.15) is 66.2 Å². The average molecular weight is 464 g/mol. The van der Waals surface area contributed by atoms with E-state index in [-0.39, 0.29) is 13.1 Å². The predicted octanol–water partition coefficient (Wildman–Crippen LogP) is 5.99. The smallest absolute Gasteiger partial charge is 0.410 e. The molecule has 2 aromatic carbocycles. The van der Waals surface area contributed by atoms with E-state index in [1.54, 1.807) is 0 Å². The molecule has 4 rings (SSSR count). The summed E-state index contributed by atoms with van der Waals surface area (Å²) >= 11 is 0. The first kappa shape index (κ1) is 24.7. The van der Waals surface area contributed by atoms with Gasteiger partial charge in [-0.15, -0.1) is 0 Å². The molecule has 6 nitrogen and oxygen atoms in total. The highest BCUT2D eigenvalue weighted by molar-refractivity contribution is 6.69. The molecule has 1 saturated heterocycles. The number of amides is 1. The molecular weight excluding hydrogens is 423 g/mol. The van der Waals surface area contributed by atoms with Crippen LogP contribution in [0.15, 0.2) is 36.4 Å². The molecular formula is C27H41BN4O2. The van der Waals surface area contributed by atoms with E-state index < -0.39 is 5.60 Å². The second-order valence-electron chi connectivity index (χ2n) is 10.7. The monoisotopic (exact) mass is 464 g/mol. The van der Waals surface area contributed by atoms with Crippen LogP contribution in [0.2, 0.25) is 0 Å². The van der Waals surface area contributed by atoms with Gasteiger partial charge in [0.05, 0.1) is 0 Å². The van der Waals surface area contributed by atoms with Crippen molar-refractivity contribution in [2.75, 3.05) is 36.6 Å². The topological polar surface area (TPSA) is 56.8 Å². The quantitative estimate of drug-likeness (QED) is 0.372. The summed E-state index contributed by atoms with van der Waals surface area (Å²) in [6.07, 6.45) is 7.33. The van der Waals surface area contributed by atoms with Crippen molar-refractivity contribution in [3.8, 4) is 0 Å². The zero-order chi connectivity index (χ0) is 24.1. The van der Waals surface area contributed by atoms with Gasteiger partial charge in [-0.25, -0.2) is 4.79 Å². The maximum Gasteiger partial charge on any atom is 0.410 e. The lowest BCUT2D eigenvalue weighted by Crippen LogP contribution is -2.61. The summed E-state index contributed by atoms with van der Waals surface area (Å²) in [6.45, 7) is 11.3. The van der Waals surface area contributed by atoms with Crippen LogP contribution in [-0.2, 0) is 4.74 Å². The lowest BCUT2D eigenvalue weighted by atomic mass is 9.62. The van der Waals surface area contributed by atoms with Crippen molar-refractivity contribution in [1.82, 2.24) is 9.80 Å². The number of carbonyl (C=O) groups is 1. The first-order valence-corrected chi connectivity index (χ1v) is 13.1. The largest absolute Gasteiger partial charge is 0.444 e. The molecule has 0 radical (unpaired) electrons. The predicted molar refractivity (Wildman–Crippen MR) is 143 cm³/mol. The highest BCUT2D eigenvalue weighted by Crippen LogP contribution is 2.35. The van der Waals surface area contributed by atoms with E-state index in [0.717, 1.165) is 19.5 Å². The molecule has 2 aliphatic rings. The third kappa shape index (κ3) is 5.98. The van der Waals surface area contributed by atoms with Crippen molar-refractivity contribution in [2.45, 2.75) is 77.8 Å². The lowest BCUT2D eigenvalue weighted by Gasteiger charge is -2.42. The van der Waals surface area contributed by atoms with E-state index in [2.05, 4.69) is 58.7 Å². The number of hydrogen-bond acceptors (Lipinski definition) is 5. The summed E-state index contributed by atoms with van der Waals surface area (Å²) in [4.78, 5) is 17.0. The second-order valence-corrected chi connectivity index (χ2v) is 10.7. The van der Waals surface area contributed by atoms with E-state index in [9.17, 15) is 4.79 Å². The molecule has 0 bridgehead atoms. The van der Waals surface area contributed by atoms with Gasteiger partial charge >= 0.3 is 13.1 Å². The fourth-order valence-corrected chi connectivity index (χ4v) is 5.22. The number of ether oxygens (including phenoxy) is 1. The number of hydrogen-bond donors (Lipinski definition) is 2. The molecule has 2 N–H and O–H groups in total. The molecule has 0 aliphatic carbocycles. The van der Waals surface area contributed by atoms with Gasteiger partial charge in [-0.1, -0.05) is 63.3 Å². The van der Waals surface area contributed by atoms with Gasteiger partial charge in [0, 0.05) is 48.9 Å². The summed E-state index contributed by atoms with van der Waals surface area (Å²) in [6, 6.07) is 13.0. The molecule has 0 aromatic heterocycles. The molecule has 7 heteroatoms. The first-order chi connectivity index (χ1) is 16.4. The number of nitrogens with zero attached hydrogens (tertiary/aromatic N) is 2. The molecule has 184 valence electrons. The van der Waals surface area contributed by atoms with Gasteiger partial charge in [0.25, 0.3) is 0 Å². The molecule has 1 fully saturated rings. The number of piperazine rings is 1. The average Bonchev–Trinajstić information content (AvgIpc) is 2.81. The normalized spacial score (nSPS) is 17.3. The molecule has 2 aromatic rings. The fourth-order valence-electron chi connectivity index (χ4n) is 5.22. The van der Waals surface area contributed by atoms with Gasteiger partial charge in [-0.05, 0) is 44.7 Å². The van der Waals surface area contributed by atoms with Gasteiger partial charge in [-0.2, -0.15) is 0 Å². The molecule has 1 amide bonds. The maximum absolute atomic E-state index is 12.6. The zero-order valence-corrected chi connectivity index (χ0v) is 21.4. The Kier molecular flexibility index (Phi) is 7.92. The summed E-state index contributed by atoms with van der Waals surface area (Å²) in [5.41, 5.74) is 1.96. The van der Waals surface area contributed by atoms with Crippen LogP contribution in [0.3, 0.4) is 0 Å². The molecule has 1 unspecified atom stereocenters. The summed E-state index contributed by atoms with van der Waals surface area (Å²) < 4.78 is 5.61. The summed E-state index contributed by atoms with van der Waals surface area (Å²) in [5.74, 6) is 0.353. The Hall–Kier alpha value is -2.41. The van der Waals surface area contributed by atoms with Crippen LogP contribution in [0.25, 0.3) is 10.8 Å². The van der Waals surface area contributed by atoms with Gasteiger partial charge < -0.3 is 20.1 Å². The van der Waals surface area contributed by atoms with Crippen LogP contribution >= 0.6 is 0 Å². The number of unbranched alkanes of at least 4 members (excludes halogenated alkanes) is 4. The highest BCUT2D eigenvalue weighted by Gasteiger charge is 2.37. The molecule has 2 heterocycles. The van der Waals surface area contributed by atoms with Crippen LogP contribution in [-0.4, -0.2) is 60.6 Å². The van der Waals surface area contributed by atoms with Gasteiger partial charge in [0.15, 0.2) is 0 Å². The second kappa shape index (κ2) is 10.9. The van der Waals surface area contributed by atoms with E-state index in [1.807, 2.05) is 25.7 Å². The van der Waals surface area contributed by atoms with E-state index in [4.69, 9.17) is 4.74 Å². The van der Waals surface area contributed by atoms with Crippen LogP contribution in [0, 0.1) is 0 Å². The maximum atomic E-state index is 12.6. The summed E-state index contributed by atoms with van der Waals surface area (Å²) in [7, 11) is 0. The first-order valence-electron chi connectivity index (χ1n) is 13.1. The Morgan fingerprint density at radius 3 is 2.18 bits per heavy atom. The highest BCUT2D eigenvalue weighted by atomic mass is 16.6. The SMILES string of the molecule is CCCCCCCC(B1Nc2cccc3cccc(c23)N1)N1CCN(C(=O)OC(C)(C)C)CC1. The Balaban J connectivity index is 1.45. The van der Waals surface area contributed by atoms with Gasteiger partial charge in [-0.3, -0.25) is 4.90 Å². The Bertz CT molecular complexity index is 928. The van der Waals surface area contributed by atoms with E-state index in [0.29, 0.717) is 19.0 Å². The van der Waals surface area contributed by atoms with E-state index in [1.165, 1.54) is 54.3 Å². The Morgan fingerprint density at radius 1 is 0.971 bits per heavy atom. The fraction of sp³-hybridized carbons (Fsp3) is 0.593. The molecule has 0 spiro atoms. The minimum Gasteiger partial charge on any atom is -0.444 e. The van der Waals surface area contributed by atoms with Crippen molar-refractivity contribution in [3.05, 3.63) is 36.4 Å². The van der Waals surface area contributed by atoms with E-state index >= 15 is 0 Å². The van der Waals surface area contributed by atoms with Crippen molar-refractivity contribution in [1.29, 1.82) is 0 Å². The molecule has 1 atom stereocenters. The zero-order valence-electron chi connectivity index (χ0n) is 21.4. The molecule has 34 heavy (non-hydrogen) atoms. The van der Waals surface area contributed by atoms with Crippen LogP contribution < -0.4 is 10.5 Å². The number of rotatable bonds is 8. The van der Waals surface area contributed by atoms with Crippen molar-refractivity contribution >= 4 is 35.2 Å². The number of benzene rings is 2. The van der Waals surface area contributed by atoms with Crippen molar-refractivity contribution in [2.24, 2.45) is 0 Å². The lowest BCUT2D eigenvalue weighted by molar-refractivity contribution is 0.0128. The third-order valence-corrected chi connectivity index (χ3v) is 6.95. The van der Waals surface area contributed by atoms with Gasteiger partial charge in [0.1, 0.15) is 5.60 Å².